The molecule has 0 saturated carbocycles. The second-order valence-electron chi connectivity index (χ2n) is 5.03. The molecule has 0 aliphatic carbocycles. The molecule has 6 heteroatoms. The van der Waals surface area contributed by atoms with E-state index in [-0.39, 0.29) is 5.97 Å². The molecule has 0 radical (unpaired) electrons. The predicted octanol–water partition coefficient (Wildman–Crippen LogP) is 3.16. The van der Waals surface area contributed by atoms with Crippen molar-refractivity contribution in [2.45, 2.75) is 20.8 Å². The minimum atomic E-state index is -0.364. The molecule has 6 nitrogen and oxygen atoms in total. The zero-order chi connectivity index (χ0) is 16.8. The standard InChI is InChI=1S/C17H22N4O2/c1-5-21(6-2)16-11-15(18-12(3)19-16)20-14-9-7-8-13(10-14)17(22)23-4/h7-11H,5-6H2,1-4H3,(H,18,19,20). The zero-order valence-electron chi connectivity index (χ0n) is 14.0. The number of aromatic nitrogens is 2. The van der Waals surface area contributed by atoms with E-state index in [1.807, 2.05) is 19.1 Å². The summed E-state index contributed by atoms with van der Waals surface area (Å²) in [5.41, 5.74) is 1.27. The van der Waals surface area contributed by atoms with E-state index in [4.69, 9.17) is 4.74 Å². The highest BCUT2D eigenvalue weighted by Gasteiger charge is 2.09. The molecular formula is C17H22N4O2. The van der Waals surface area contributed by atoms with E-state index in [0.29, 0.717) is 17.2 Å². The fourth-order valence-corrected chi connectivity index (χ4v) is 2.32. The van der Waals surface area contributed by atoms with Gasteiger partial charge in [-0.3, -0.25) is 0 Å². The lowest BCUT2D eigenvalue weighted by Gasteiger charge is -2.20. The summed E-state index contributed by atoms with van der Waals surface area (Å²) in [7, 11) is 1.37. The van der Waals surface area contributed by atoms with Crippen molar-refractivity contribution in [3.63, 3.8) is 0 Å². The lowest BCUT2D eigenvalue weighted by Crippen LogP contribution is -2.23. The summed E-state index contributed by atoms with van der Waals surface area (Å²) < 4.78 is 4.74. The molecule has 2 rings (SSSR count). The van der Waals surface area contributed by atoms with Crippen LogP contribution in [0.25, 0.3) is 0 Å². The van der Waals surface area contributed by atoms with E-state index < -0.39 is 0 Å². The third-order valence-electron chi connectivity index (χ3n) is 3.47. The number of aryl methyl sites for hydroxylation is 1. The molecule has 1 aromatic heterocycles. The monoisotopic (exact) mass is 314 g/mol. The Labute approximate surface area is 136 Å². The molecule has 1 N–H and O–H groups in total. The van der Waals surface area contributed by atoms with Crippen LogP contribution in [0.2, 0.25) is 0 Å². The van der Waals surface area contributed by atoms with Gasteiger partial charge >= 0.3 is 5.97 Å². The van der Waals surface area contributed by atoms with Gasteiger partial charge in [-0.05, 0) is 39.0 Å². The van der Waals surface area contributed by atoms with Gasteiger partial charge in [0, 0.05) is 24.8 Å². The molecular weight excluding hydrogens is 292 g/mol. The second-order valence-corrected chi connectivity index (χ2v) is 5.03. The molecule has 0 bridgehead atoms. The first-order valence-electron chi connectivity index (χ1n) is 7.63. The maximum atomic E-state index is 11.6. The first-order chi connectivity index (χ1) is 11.1. The van der Waals surface area contributed by atoms with Crippen molar-refractivity contribution in [3.8, 4) is 0 Å². The maximum Gasteiger partial charge on any atom is 0.337 e. The van der Waals surface area contributed by atoms with Crippen molar-refractivity contribution in [1.29, 1.82) is 0 Å². The Hall–Kier alpha value is -2.63. The van der Waals surface area contributed by atoms with Gasteiger partial charge in [-0.25, -0.2) is 14.8 Å². The summed E-state index contributed by atoms with van der Waals surface area (Å²) in [5.74, 6) is 1.91. The zero-order valence-corrected chi connectivity index (χ0v) is 14.0. The number of carbonyl (C=O) groups is 1. The number of hydrogen-bond acceptors (Lipinski definition) is 6. The predicted molar refractivity (Wildman–Crippen MR) is 91.4 cm³/mol. The lowest BCUT2D eigenvalue weighted by atomic mass is 10.2. The average molecular weight is 314 g/mol. The summed E-state index contributed by atoms with van der Waals surface area (Å²) in [6.45, 7) is 7.80. The van der Waals surface area contributed by atoms with Gasteiger partial charge in [-0.2, -0.15) is 0 Å². The molecule has 1 aromatic carbocycles. The number of methoxy groups -OCH3 is 1. The number of nitrogens with zero attached hydrogens (tertiary/aromatic N) is 3. The molecule has 0 atom stereocenters. The van der Waals surface area contributed by atoms with Crippen LogP contribution >= 0.6 is 0 Å². The molecule has 0 aliphatic rings. The highest BCUT2D eigenvalue weighted by molar-refractivity contribution is 5.90. The van der Waals surface area contributed by atoms with Gasteiger partial charge in [-0.15, -0.1) is 0 Å². The second kappa shape index (κ2) is 7.58. The van der Waals surface area contributed by atoms with E-state index in [1.165, 1.54) is 7.11 Å². The number of carbonyl (C=O) groups excluding carboxylic acids is 1. The Bertz CT molecular complexity index is 684. The Balaban J connectivity index is 2.28. The van der Waals surface area contributed by atoms with E-state index in [9.17, 15) is 4.79 Å². The number of nitrogens with one attached hydrogen (secondary N) is 1. The molecule has 23 heavy (non-hydrogen) atoms. The number of benzene rings is 1. The van der Waals surface area contributed by atoms with Crippen LogP contribution in [0.4, 0.5) is 17.3 Å². The first-order valence-corrected chi connectivity index (χ1v) is 7.63. The summed E-state index contributed by atoms with van der Waals surface area (Å²) in [5, 5.41) is 3.22. The van der Waals surface area contributed by atoms with E-state index in [2.05, 4.69) is 34.0 Å². The number of hydrogen-bond donors (Lipinski definition) is 1. The Kier molecular flexibility index (Phi) is 5.51. The van der Waals surface area contributed by atoms with Crippen molar-refractivity contribution in [2.75, 3.05) is 30.4 Å². The van der Waals surface area contributed by atoms with E-state index in [1.54, 1.807) is 18.2 Å². The third-order valence-corrected chi connectivity index (χ3v) is 3.47. The highest BCUT2D eigenvalue weighted by Crippen LogP contribution is 2.20. The van der Waals surface area contributed by atoms with Crippen LogP contribution in [0.1, 0.15) is 30.0 Å². The molecule has 122 valence electrons. The number of anilines is 3. The van der Waals surface area contributed by atoms with Crippen LogP contribution in [0.15, 0.2) is 30.3 Å². The maximum absolute atomic E-state index is 11.6. The molecule has 0 unspecified atom stereocenters. The molecule has 0 aliphatic heterocycles. The van der Waals surface area contributed by atoms with Crippen LogP contribution in [0.3, 0.4) is 0 Å². The molecule has 2 aromatic rings. The normalized spacial score (nSPS) is 10.3. The summed E-state index contributed by atoms with van der Waals surface area (Å²) in [6.07, 6.45) is 0. The van der Waals surface area contributed by atoms with Crippen molar-refractivity contribution in [3.05, 3.63) is 41.7 Å². The van der Waals surface area contributed by atoms with Gasteiger partial charge in [0.1, 0.15) is 17.5 Å². The molecule has 0 saturated heterocycles. The largest absolute Gasteiger partial charge is 0.465 e. The van der Waals surface area contributed by atoms with Gasteiger partial charge in [0.2, 0.25) is 0 Å². The molecule has 0 fully saturated rings. The molecule has 0 amide bonds. The van der Waals surface area contributed by atoms with Gasteiger partial charge in [0.05, 0.1) is 12.7 Å². The van der Waals surface area contributed by atoms with Crippen molar-refractivity contribution >= 4 is 23.3 Å². The van der Waals surface area contributed by atoms with Crippen LogP contribution in [-0.2, 0) is 4.74 Å². The SMILES string of the molecule is CCN(CC)c1cc(Nc2cccc(C(=O)OC)c2)nc(C)n1. The minimum Gasteiger partial charge on any atom is -0.465 e. The van der Waals surface area contributed by atoms with Crippen molar-refractivity contribution in [1.82, 2.24) is 9.97 Å². The number of rotatable bonds is 6. The fourth-order valence-electron chi connectivity index (χ4n) is 2.32. The van der Waals surface area contributed by atoms with E-state index >= 15 is 0 Å². The van der Waals surface area contributed by atoms with Crippen LogP contribution in [0.5, 0.6) is 0 Å². The van der Waals surface area contributed by atoms with Crippen molar-refractivity contribution < 1.29 is 9.53 Å². The van der Waals surface area contributed by atoms with Crippen LogP contribution in [-0.4, -0.2) is 36.1 Å². The lowest BCUT2D eigenvalue weighted by molar-refractivity contribution is 0.0601. The van der Waals surface area contributed by atoms with Crippen LogP contribution in [0, 0.1) is 6.92 Å². The topological polar surface area (TPSA) is 67.4 Å². The van der Waals surface area contributed by atoms with Gasteiger partial charge in [0.15, 0.2) is 0 Å². The number of esters is 1. The summed E-state index contributed by atoms with van der Waals surface area (Å²) >= 11 is 0. The average Bonchev–Trinajstić information content (AvgIpc) is 2.55. The Morgan fingerprint density at radius 3 is 2.61 bits per heavy atom. The van der Waals surface area contributed by atoms with E-state index in [0.717, 1.165) is 24.6 Å². The summed E-state index contributed by atoms with van der Waals surface area (Å²) in [4.78, 5) is 22.7. The quantitative estimate of drug-likeness (QED) is 0.826. The Morgan fingerprint density at radius 1 is 1.22 bits per heavy atom. The van der Waals surface area contributed by atoms with Gasteiger partial charge in [-0.1, -0.05) is 6.07 Å². The Morgan fingerprint density at radius 2 is 1.96 bits per heavy atom. The third kappa shape index (κ3) is 4.18. The minimum absolute atomic E-state index is 0.364. The number of ether oxygens (including phenoxy) is 1. The van der Waals surface area contributed by atoms with Gasteiger partial charge in [0.25, 0.3) is 0 Å². The fraction of sp³-hybridized carbons (Fsp3) is 0.353. The van der Waals surface area contributed by atoms with Crippen LogP contribution < -0.4 is 10.2 Å². The van der Waals surface area contributed by atoms with Gasteiger partial charge < -0.3 is 15.0 Å². The summed E-state index contributed by atoms with van der Waals surface area (Å²) in [6, 6.07) is 9.03. The highest BCUT2D eigenvalue weighted by atomic mass is 16.5. The molecule has 1 heterocycles. The molecule has 0 spiro atoms. The van der Waals surface area contributed by atoms with Crippen molar-refractivity contribution in [2.24, 2.45) is 0 Å². The smallest absolute Gasteiger partial charge is 0.337 e. The first kappa shape index (κ1) is 16.7.